The van der Waals surface area contributed by atoms with Crippen LogP contribution in [0.3, 0.4) is 0 Å². The monoisotopic (exact) mass is 311 g/mol. The molecule has 100 valence electrons. The van der Waals surface area contributed by atoms with E-state index in [0.717, 1.165) is 17.3 Å². The van der Waals surface area contributed by atoms with Crippen LogP contribution in [-0.2, 0) is 0 Å². The van der Waals surface area contributed by atoms with Crippen molar-refractivity contribution in [2.75, 3.05) is 5.73 Å². The molecule has 18 heavy (non-hydrogen) atoms. The van der Waals surface area contributed by atoms with E-state index in [-0.39, 0.29) is 5.78 Å². The van der Waals surface area contributed by atoms with Crippen LogP contribution in [0.2, 0.25) is 0 Å². The molecule has 1 rings (SSSR count). The maximum absolute atomic E-state index is 12.0. The number of unbranched alkanes of at least 4 members (excludes halogenated alkanes) is 5. The first-order valence-corrected chi connectivity index (χ1v) is 7.52. The van der Waals surface area contributed by atoms with Crippen LogP contribution in [0.5, 0.6) is 0 Å². The van der Waals surface area contributed by atoms with Gasteiger partial charge in [-0.15, -0.1) is 0 Å². The third kappa shape index (κ3) is 5.21. The standard InChI is InChI=1S/C15H22BrNO/c1-2-3-4-5-6-7-8-15(18)13-10-9-12(16)11-14(13)17/h9-11H,2-8,17H2,1H3. The molecule has 2 nitrogen and oxygen atoms in total. The molecular weight excluding hydrogens is 290 g/mol. The average molecular weight is 312 g/mol. The molecule has 0 fully saturated rings. The molecule has 0 aliphatic rings. The molecule has 0 aliphatic carbocycles. The van der Waals surface area contributed by atoms with Crippen molar-refractivity contribution < 1.29 is 4.79 Å². The summed E-state index contributed by atoms with van der Waals surface area (Å²) in [7, 11) is 0. The predicted molar refractivity (Wildman–Crippen MR) is 80.9 cm³/mol. The highest BCUT2D eigenvalue weighted by atomic mass is 79.9. The van der Waals surface area contributed by atoms with Crippen molar-refractivity contribution in [3.05, 3.63) is 28.2 Å². The van der Waals surface area contributed by atoms with Crippen molar-refractivity contribution in [3.8, 4) is 0 Å². The summed E-state index contributed by atoms with van der Waals surface area (Å²) < 4.78 is 0.913. The Morgan fingerprint density at radius 1 is 1.17 bits per heavy atom. The van der Waals surface area contributed by atoms with Crippen LogP contribution in [-0.4, -0.2) is 5.78 Å². The molecule has 0 unspecified atom stereocenters. The fourth-order valence-electron chi connectivity index (χ4n) is 1.99. The van der Waals surface area contributed by atoms with Gasteiger partial charge in [0.25, 0.3) is 0 Å². The maximum atomic E-state index is 12.0. The smallest absolute Gasteiger partial charge is 0.164 e. The van der Waals surface area contributed by atoms with Gasteiger partial charge in [0, 0.05) is 22.1 Å². The van der Waals surface area contributed by atoms with Gasteiger partial charge in [-0.05, 0) is 24.6 Å². The molecular formula is C15H22BrNO. The first-order valence-electron chi connectivity index (χ1n) is 6.73. The van der Waals surface area contributed by atoms with E-state index in [1.165, 1.54) is 25.7 Å². The number of carbonyl (C=O) groups is 1. The fourth-order valence-corrected chi connectivity index (χ4v) is 2.37. The van der Waals surface area contributed by atoms with Gasteiger partial charge in [-0.3, -0.25) is 4.79 Å². The highest BCUT2D eigenvalue weighted by molar-refractivity contribution is 9.10. The Kier molecular flexibility index (Phi) is 7.02. The van der Waals surface area contributed by atoms with Gasteiger partial charge in [0.15, 0.2) is 5.78 Å². The number of hydrogen-bond acceptors (Lipinski definition) is 2. The SMILES string of the molecule is CCCCCCCCC(=O)c1ccc(Br)cc1N. The summed E-state index contributed by atoms with van der Waals surface area (Å²) in [4.78, 5) is 12.0. The Bertz CT molecular complexity index is 390. The van der Waals surface area contributed by atoms with Gasteiger partial charge in [0.1, 0.15) is 0 Å². The minimum atomic E-state index is 0.162. The molecule has 0 radical (unpaired) electrons. The molecule has 0 heterocycles. The highest BCUT2D eigenvalue weighted by Crippen LogP contribution is 2.20. The second kappa shape index (κ2) is 8.30. The summed E-state index contributed by atoms with van der Waals surface area (Å²) in [5, 5.41) is 0. The average Bonchev–Trinajstić information content (AvgIpc) is 2.33. The Labute approximate surface area is 118 Å². The molecule has 3 heteroatoms. The van der Waals surface area contributed by atoms with E-state index in [4.69, 9.17) is 5.73 Å². The number of benzene rings is 1. The van der Waals surface area contributed by atoms with E-state index in [9.17, 15) is 4.79 Å². The number of hydrogen-bond donors (Lipinski definition) is 1. The van der Waals surface area contributed by atoms with Crippen LogP contribution < -0.4 is 5.73 Å². The number of anilines is 1. The number of halogens is 1. The Morgan fingerprint density at radius 3 is 2.50 bits per heavy atom. The lowest BCUT2D eigenvalue weighted by Crippen LogP contribution is -2.03. The van der Waals surface area contributed by atoms with E-state index in [2.05, 4.69) is 22.9 Å². The van der Waals surface area contributed by atoms with Crippen molar-refractivity contribution in [3.63, 3.8) is 0 Å². The van der Waals surface area contributed by atoms with Gasteiger partial charge in [-0.25, -0.2) is 0 Å². The van der Waals surface area contributed by atoms with Crippen molar-refractivity contribution in [2.45, 2.75) is 51.9 Å². The molecule has 0 amide bonds. The lowest BCUT2D eigenvalue weighted by molar-refractivity contribution is 0.0980. The largest absolute Gasteiger partial charge is 0.398 e. The molecule has 0 aromatic heterocycles. The lowest BCUT2D eigenvalue weighted by Gasteiger charge is -2.05. The quantitative estimate of drug-likeness (QED) is 0.418. The summed E-state index contributed by atoms with van der Waals surface area (Å²) in [6.45, 7) is 2.21. The van der Waals surface area contributed by atoms with Crippen LogP contribution in [0, 0.1) is 0 Å². The molecule has 0 bridgehead atoms. The van der Waals surface area contributed by atoms with Crippen molar-refractivity contribution >= 4 is 27.4 Å². The van der Waals surface area contributed by atoms with E-state index in [1.807, 2.05) is 6.07 Å². The molecule has 2 N–H and O–H groups in total. The van der Waals surface area contributed by atoms with Crippen LogP contribution >= 0.6 is 15.9 Å². The number of nitrogen functional groups attached to an aromatic ring is 1. The highest BCUT2D eigenvalue weighted by Gasteiger charge is 2.09. The zero-order chi connectivity index (χ0) is 13.4. The minimum Gasteiger partial charge on any atom is -0.398 e. The molecule has 0 saturated carbocycles. The van der Waals surface area contributed by atoms with E-state index < -0.39 is 0 Å². The summed E-state index contributed by atoms with van der Waals surface area (Å²) in [6.07, 6.45) is 7.79. The molecule has 0 saturated heterocycles. The Balaban J connectivity index is 2.32. The van der Waals surface area contributed by atoms with Crippen molar-refractivity contribution in [2.24, 2.45) is 0 Å². The summed E-state index contributed by atoms with van der Waals surface area (Å²) in [5.41, 5.74) is 7.07. The van der Waals surface area contributed by atoms with Crippen LogP contribution in [0.15, 0.2) is 22.7 Å². The normalized spacial score (nSPS) is 10.6. The van der Waals surface area contributed by atoms with Gasteiger partial charge in [0.2, 0.25) is 0 Å². The Hall–Kier alpha value is -0.830. The second-order valence-corrected chi connectivity index (χ2v) is 5.59. The van der Waals surface area contributed by atoms with Gasteiger partial charge >= 0.3 is 0 Å². The summed E-state index contributed by atoms with van der Waals surface area (Å²) in [6, 6.07) is 5.46. The predicted octanol–water partition coefficient (Wildman–Crippen LogP) is 4.96. The zero-order valence-electron chi connectivity index (χ0n) is 11.0. The number of rotatable bonds is 8. The fraction of sp³-hybridized carbons (Fsp3) is 0.533. The van der Waals surface area contributed by atoms with Crippen molar-refractivity contribution in [1.29, 1.82) is 0 Å². The van der Waals surface area contributed by atoms with Gasteiger partial charge in [-0.2, -0.15) is 0 Å². The zero-order valence-corrected chi connectivity index (χ0v) is 12.6. The molecule has 1 aromatic rings. The topological polar surface area (TPSA) is 43.1 Å². The first-order chi connectivity index (χ1) is 8.65. The first kappa shape index (κ1) is 15.2. The number of nitrogens with two attached hydrogens (primary N) is 1. The van der Waals surface area contributed by atoms with Crippen molar-refractivity contribution in [1.82, 2.24) is 0 Å². The number of carbonyl (C=O) groups excluding carboxylic acids is 1. The molecule has 0 aliphatic heterocycles. The molecule has 1 aromatic carbocycles. The van der Waals surface area contributed by atoms with E-state index in [0.29, 0.717) is 17.7 Å². The minimum absolute atomic E-state index is 0.162. The lowest BCUT2D eigenvalue weighted by atomic mass is 10.0. The number of ketones is 1. The third-order valence-electron chi connectivity index (χ3n) is 3.07. The number of Topliss-reactive ketones (excluding diaryl/α,β-unsaturated/α-hetero) is 1. The molecule has 0 atom stereocenters. The van der Waals surface area contributed by atoms with Crippen LogP contribution in [0.4, 0.5) is 5.69 Å². The second-order valence-electron chi connectivity index (χ2n) is 4.67. The maximum Gasteiger partial charge on any atom is 0.164 e. The van der Waals surface area contributed by atoms with Crippen LogP contribution in [0.25, 0.3) is 0 Å². The summed E-state index contributed by atoms with van der Waals surface area (Å²) in [5.74, 6) is 0.162. The van der Waals surface area contributed by atoms with Gasteiger partial charge in [0.05, 0.1) is 0 Å². The van der Waals surface area contributed by atoms with Crippen LogP contribution in [0.1, 0.15) is 62.2 Å². The van der Waals surface area contributed by atoms with E-state index >= 15 is 0 Å². The third-order valence-corrected chi connectivity index (χ3v) is 3.56. The van der Waals surface area contributed by atoms with E-state index in [1.54, 1.807) is 12.1 Å². The Morgan fingerprint density at radius 2 is 1.83 bits per heavy atom. The summed E-state index contributed by atoms with van der Waals surface area (Å²) >= 11 is 3.34. The van der Waals surface area contributed by atoms with Gasteiger partial charge in [-0.1, -0.05) is 55.0 Å². The van der Waals surface area contributed by atoms with Gasteiger partial charge < -0.3 is 5.73 Å². The molecule has 0 spiro atoms.